The van der Waals surface area contributed by atoms with Gasteiger partial charge in [-0.1, -0.05) is 26.8 Å². The average molecular weight is 235 g/mol. The van der Waals surface area contributed by atoms with Crippen molar-refractivity contribution >= 4 is 0 Å². The van der Waals surface area contributed by atoms with E-state index < -0.39 is 0 Å². The SMILES string of the molecule is CC.CCN1CCN(Cc2cccnc2)CC1. The second-order valence-electron chi connectivity index (χ2n) is 4.07. The van der Waals surface area contributed by atoms with Gasteiger partial charge in [0.15, 0.2) is 0 Å². The molecule has 0 N–H and O–H groups in total. The van der Waals surface area contributed by atoms with Gasteiger partial charge < -0.3 is 4.90 Å². The number of pyridine rings is 1. The van der Waals surface area contributed by atoms with Crippen LogP contribution in [0.15, 0.2) is 24.5 Å². The third kappa shape index (κ3) is 4.84. The van der Waals surface area contributed by atoms with Crippen LogP contribution in [0.2, 0.25) is 0 Å². The summed E-state index contributed by atoms with van der Waals surface area (Å²) in [6.07, 6.45) is 3.80. The molecule has 0 saturated carbocycles. The number of hydrogen-bond acceptors (Lipinski definition) is 3. The molecule has 0 bridgehead atoms. The van der Waals surface area contributed by atoms with E-state index in [1.807, 2.05) is 32.3 Å². The first-order valence-corrected chi connectivity index (χ1v) is 6.72. The van der Waals surface area contributed by atoms with E-state index in [1.54, 1.807) is 0 Å². The third-order valence-corrected chi connectivity index (χ3v) is 3.04. The molecule has 0 radical (unpaired) electrons. The van der Waals surface area contributed by atoms with Crippen LogP contribution in [0.4, 0.5) is 0 Å². The van der Waals surface area contributed by atoms with Gasteiger partial charge in [-0.15, -0.1) is 0 Å². The van der Waals surface area contributed by atoms with Gasteiger partial charge in [-0.2, -0.15) is 0 Å². The summed E-state index contributed by atoms with van der Waals surface area (Å²) in [5, 5.41) is 0. The van der Waals surface area contributed by atoms with Gasteiger partial charge in [0.05, 0.1) is 0 Å². The first-order chi connectivity index (χ1) is 8.38. The van der Waals surface area contributed by atoms with Crippen molar-refractivity contribution in [3.8, 4) is 0 Å². The number of hydrogen-bond donors (Lipinski definition) is 0. The Morgan fingerprint density at radius 1 is 1.12 bits per heavy atom. The lowest BCUT2D eigenvalue weighted by Crippen LogP contribution is -2.45. The minimum Gasteiger partial charge on any atom is -0.301 e. The lowest BCUT2D eigenvalue weighted by molar-refractivity contribution is 0.132. The summed E-state index contributed by atoms with van der Waals surface area (Å²) in [6, 6.07) is 4.16. The highest BCUT2D eigenvalue weighted by atomic mass is 15.3. The first kappa shape index (κ1) is 14.1. The highest BCUT2D eigenvalue weighted by molar-refractivity contribution is 5.08. The maximum Gasteiger partial charge on any atom is 0.0312 e. The van der Waals surface area contributed by atoms with Crippen molar-refractivity contribution < 1.29 is 0 Å². The van der Waals surface area contributed by atoms with Crippen LogP contribution in [0, 0.1) is 0 Å². The molecule has 3 nitrogen and oxygen atoms in total. The molecule has 1 saturated heterocycles. The van der Waals surface area contributed by atoms with Gasteiger partial charge in [0.25, 0.3) is 0 Å². The zero-order valence-corrected chi connectivity index (χ0v) is 11.4. The van der Waals surface area contributed by atoms with Crippen LogP contribution < -0.4 is 0 Å². The number of likely N-dealkylation sites (N-methyl/N-ethyl adjacent to an activating group) is 1. The first-order valence-electron chi connectivity index (χ1n) is 6.72. The van der Waals surface area contributed by atoms with E-state index in [-0.39, 0.29) is 0 Å². The summed E-state index contributed by atoms with van der Waals surface area (Å²) >= 11 is 0. The lowest BCUT2D eigenvalue weighted by Gasteiger charge is -2.33. The third-order valence-electron chi connectivity index (χ3n) is 3.04. The number of piperazine rings is 1. The van der Waals surface area contributed by atoms with E-state index in [0.717, 1.165) is 6.54 Å². The number of nitrogens with zero attached hydrogens (tertiary/aromatic N) is 3. The Hall–Kier alpha value is -0.930. The fourth-order valence-electron chi connectivity index (χ4n) is 2.01. The standard InChI is InChI=1S/C12H19N3.C2H6/c1-2-14-6-8-15(9-7-14)11-12-4-3-5-13-10-12;1-2/h3-5,10H,2,6-9,11H2,1H3;1-2H3. The smallest absolute Gasteiger partial charge is 0.0312 e. The molecule has 1 aliphatic heterocycles. The predicted molar refractivity (Wildman–Crippen MR) is 73.0 cm³/mol. The van der Waals surface area contributed by atoms with Crippen LogP contribution in [0.3, 0.4) is 0 Å². The molecule has 96 valence electrons. The molecule has 2 heterocycles. The van der Waals surface area contributed by atoms with E-state index in [4.69, 9.17) is 0 Å². The van der Waals surface area contributed by atoms with Crippen LogP contribution in [0.5, 0.6) is 0 Å². The Balaban J connectivity index is 0.000000686. The van der Waals surface area contributed by atoms with E-state index >= 15 is 0 Å². The zero-order valence-electron chi connectivity index (χ0n) is 11.4. The van der Waals surface area contributed by atoms with Gasteiger partial charge in [0.1, 0.15) is 0 Å². The van der Waals surface area contributed by atoms with Crippen molar-refractivity contribution in [2.24, 2.45) is 0 Å². The summed E-state index contributed by atoms with van der Waals surface area (Å²) in [6.45, 7) is 13.2. The van der Waals surface area contributed by atoms with Gasteiger partial charge in [0.2, 0.25) is 0 Å². The topological polar surface area (TPSA) is 19.4 Å². The molecular formula is C14H25N3. The lowest BCUT2D eigenvalue weighted by atomic mass is 10.2. The van der Waals surface area contributed by atoms with Crippen LogP contribution in [-0.2, 0) is 6.54 Å². The van der Waals surface area contributed by atoms with Crippen LogP contribution in [-0.4, -0.2) is 47.5 Å². The van der Waals surface area contributed by atoms with Gasteiger partial charge in [-0.25, -0.2) is 0 Å². The second kappa shape index (κ2) is 8.20. The Morgan fingerprint density at radius 2 is 1.76 bits per heavy atom. The molecule has 1 aromatic rings. The minimum atomic E-state index is 1.05. The molecule has 0 atom stereocenters. The number of aromatic nitrogens is 1. The molecule has 0 aliphatic carbocycles. The van der Waals surface area contributed by atoms with Crippen molar-refractivity contribution in [3.63, 3.8) is 0 Å². The highest BCUT2D eigenvalue weighted by Crippen LogP contribution is 2.06. The van der Waals surface area contributed by atoms with Crippen molar-refractivity contribution in [2.45, 2.75) is 27.3 Å². The molecule has 0 spiro atoms. The minimum absolute atomic E-state index is 1.05. The molecule has 1 fully saturated rings. The fraction of sp³-hybridized carbons (Fsp3) is 0.643. The molecule has 17 heavy (non-hydrogen) atoms. The molecular weight excluding hydrogens is 210 g/mol. The Kier molecular flexibility index (Phi) is 6.82. The van der Waals surface area contributed by atoms with E-state index in [1.165, 1.54) is 38.3 Å². The summed E-state index contributed by atoms with van der Waals surface area (Å²) in [5.41, 5.74) is 1.32. The van der Waals surface area contributed by atoms with Gasteiger partial charge in [0, 0.05) is 45.1 Å². The highest BCUT2D eigenvalue weighted by Gasteiger charge is 2.15. The van der Waals surface area contributed by atoms with Gasteiger partial charge >= 0.3 is 0 Å². The summed E-state index contributed by atoms with van der Waals surface area (Å²) < 4.78 is 0. The molecule has 3 heteroatoms. The van der Waals surface area contributed by atoms with Crippen molar-refractivity contribution in [1.29, 1.82) is 0 Å². The fourth-order valence-corrected chi connectivity index (χ4v) is 2.01. The Morgan fingerprint density at radius 3 is 2.29 bits per heavy atom. The maximum absolute atomic E-state index is 4.14. The molecule has 0 unspecified atom stereocenters. The van der Waals surface area contributed by atoms with E-state index in [0.29, 0.717) is 0 Å². The number of rotatable bonds is 3. The molecule has 0 aromatic carbocycles. The van der Waals surface area contributed by atoms with Gasteiger partial charge in [-0.3, -0.25) is 9.88 Å². The normalized spacial score (nSPS) is 17.4. The van der Waals surface area contributed by atoms with Crippen LogP contribution in [0.1, 0.15) is 26.3 Å². The predicted octanol–water partition coefficient (Wildman–Crippen LogP) is 2.25. The Labute approximate surface area is 105 Å². The van der Waals surface area contributed by atoms with E-state index in [9.17, 15) is 0 Å². The van der Waals surface area contributed by atoms with Crippen LogP contribution >= 0.6 is 0 Å². The molecule has 1 aromatic heterocycles. The van der Waals surface area contributed by atoms with Crippen molar-refractivity contribution in [1.82, 2.24) is 14.8 Å². The van der Waals surface area contributed by atoms with Crippen molar-refractivity contribution in [2.75, 3.05) is 32.7 Å². The van der Waals surface area contributed by atoms with Gasteiger partial charge in [-0.05, 0) is 18.2 Å². The summed E-state index contributed by atoms with van der Waals surface area (Å²) in [5.74, 6) is 0. The Bertz CT molecular complexity index is 279. The summed E-state index contributed by atoms with van der Waals surface area (Å²) in [7, 11) is 0. The van der Waals surface area contributed by atoms with Crippen LogP contribution in [0.25, 0.3) is 0 Å². The largest absolute Gasteiger partial charge is 0.301 e. The van der Waals surface area contributed by atoms with E-state index in [2.05, 4.69) is 27.8 Å². The van der Waals surface area contributed by atoms with Crippen molar-refractivity contribution in [3.05, 3.63) is 30.1 Å². The quantitative estimate of drug-likeness (QED) is 0.801. The molecule has 1 aliphatic rings. The maximum atomic E-state index is 4.14. The second-order valence-corrected chi connectivity index (χ2v) is 4.07. The summed E-state index contributed by atoms with van der Waals surface area (Å²) in [4.78, 5) is 9.15. The molecule has 0 amide bonds. The average Bonchev–Trinajstić information content (AvgIpc) is 2.43. The zero-order chi connectivity index (χ0) is 12.5. The molecule has 2 rings (SSSR count). The monoisotopic (exact) mass is 235 g/mol.